The van der Waals surface area contributed by atoms with Crippen LogP contribution in [0.2, 0.25) is 0 Å². The lowest BCUT2D eigenvalue weighted by Gasteiger charge is -2.24. The zero-order chi connectivity index (χ0) is 56.4. The lowest BCUT2D eigenvalue weighted by Crippen LogP contribution is -2.31. The van der Waals surface area contributed by atoms with Crippen molar-refractivity contribution in [1.29, 1.82) is 0 Å². The molecule has 0 saturated heterocycles. The van der Waals surface area contributed by atoms with Crippen molar-refractivity contribution in [3.05, 3.63) is 145 Å². The van der Waals surface area contributed by atoms with Crippen LogP contribution in [-0.4, -0.2) is 103 Å². The van der Waals surface area contributed by atoms with Gasteiger partial charge in [0.05, 0.1) is 25.2 Å². The second-order valence-corrected chi connectivity index (χ2v) is 21.8. The number of esters is 2. The fourth-order valence-corrected chi connectivity index (χ4v) is 11.7. The van der Waals surface area contributed by atoms with E-state index in [1.165, 1.54) is 19.1 Å². The third-order valence-corrected chi connectivity index (χ3v) is 16.1. The first kappa shape index (κ1) is 57.5. The monoisotopic (exact) mass is 1110 g/mol. The van der Waals surface area contributed by atoms with E-state index in [0.29, 0.717) is 93.0 Å². The highest BCUT2D eigenvalue weighted by molar-refractivity contribution is 7.86. The molecule has 0 bridgehead atoms. The normalized spacial score (nSPS) is 12.7. The van der Waals surface area contributed by atoms with Crippen molar-refractivity contribution < 1.29 is 53.8 Å². The van der Waals surface area contributed by atoms with E-state index in [-0.39, 0.29) is 29.0 Å². The Morgan fingerprint density at radius 2 is 1.00 bits per heavy atom. The number of unbranched alkanes of at least 4 members (excludes halogenated alkanes) is 3. The molecule has 4 aromatic rings. The number of fused-ring (bicyclic) bond motifs is 4. The second-order valence-electron chi connectivity index (χ2n) is 19.1. The Hall–Kier alpha value is -7.64. The molecule has 2 heterocycles. The van der Waals surface area contributed by atoms with E-state index >= 15 is 0 Å². The number of hydrogen-bond acceptors (Lipinski definition) is 12. The van der Waals surface area contributed by atoms with Crippen LogP contribution in [0.1, 0.15) is 60.3 Å². The number of hydrogen-bond donors (Lipinski definition) is 2. The fraction of sp³-hybridized carbons (Fsp3) is 0.311. The second kappa shape index (κ2) is 25.4. The number of ether oxygens (including phenoxy) is 2. The van der Waals surface area contributed by atoms with Crippen molar-refractivity contribution in [2.75, 3.05) is 75.4 Å². The summed E-state index contributed by atoms with van der Waals surface area (Å²) < 4.78 is 100. The number of anilines is 2. The average Bonchev–Trinajstić information content (AvgIpc) is 3.47. The summed E-state index contributed by atoms with van der Waals surface area (Å²) in [5.74, 6) is 0.226. The van der Waals surface area contributed by atoms with Crippen molar-refractivity contribution >= 4 is 65.5 Å². The maximum Gasteiger partial charge on any atom is 0.330 e. The summed E-state index contributed by atoms with van der Waals surface area (Å²) in [6.07, 6.45) is 4.93. The van der Waals surface area contributed by atoms with Crippen molar-refractivity contribution in [2.24, 2.45) is 0 Å². The molecule has 0 unspecified atom stereocenters. The molecule has 0 aromatic heterocycles. The number of nitrogens with zero attached hydrogens (tertiary/aromatic N) is 4. The molecule has 18 heteroatoms. The largest absolute Gasteiger partial charge is 0.464 e. The Balaban J connectivity index is 1.06. The van der Waals surface area contributed by atoms with Gasteiger partial charge in [0, 0.05) is 119 Å². The first-order valence-corrected chi connectivity index (χ1v) is 29.6. The lowest BCUT2D eigenvalue weighted by atomic mass is 9.93. The Labute approximate surface area is 461 Å². The van der Waals surface area contributed by atoms with Crippen LogP contribution in [0.25, 0.3) is 66.8 Å². The third kappa shape index (κ3) is 13.3. The summed E-state index contributed by atoms with van der Waals surface area (Å²) >= 11 is 0. The van der Waals surface area contributed by atoms with Gasteiger partial charge in [-0.25, -0.2) is 13.9 Å². The topological polar surface area (TPSA) is 200 Å². The van der Waals surface area contributed by atoms with Crippen LogP contribution in [0, 0.1) is 0 Å². The van der Waals surface area contributed by atoms with E-state index in [9.17, 15) is 35.5 Å². The minimum Gasteiger partial charge on any atom is -0.464 e. The maximum atomic E-state index is 12.8. The van der Waals surface area contributed by atoms with Crippen LogP contribution in [0.4, 0.5) is 11.4 Å². The molecule has 2 aliphatic heterocycles. The predicted octanol–water partition coefficient (Wildman–Crippen LogP) is 10.0. The summed E-state index contributed by atoms with van der Waals surface area (Å²) in [6.45, 7) is 18.6. The van der Waals surface area contributed by atoms with E-state index < -0.39 is 26.2 Å². The number of likely N-dealkylation sites (N-methyl/N-ethyl adjacent to an activating group) is 2. The van der Waals surface area contributed by atoms with Gasteiger partial charge in [0.2, 0.25) is 10.7 Å². The number of carbonyl (C=O) groups is 2. The molecule has 16 nitrogen and oxygen atoms in total. The van der Waals surface area contributed by atoms with Gasteiger partial charge in [-0.2, -0.15) is 16.8 Å². The van der Waals surface area contributed by atoms with Crippen molar-refractivity contribution in [3.63, 3.8) is 0 Å². The highest BCUT2D eigenvalue weighted by Gasteiger charge is 2.27. The van der Waals surface area contributed by atoms with Gasteiger partial charge in [-0.1, -0.05) is 43.0 Å². The van der Waals surface area contributed by atoms with Crippen molar-refractivity contribution in [2.45, 2.75) is 70.1 Å². The quantitative estimate of drug-likeness (QED) is 0.0145. The molecule has 0 radical (unpaired) electrons. The molecular formula is C61H68N4O12S2+2. The molecule has 0 saturated carbocycles. The summed E-state index contributed by atoms with van der Waals surface area (Å²) in [7, 11) is -9.19. The molecule has 2 N–H and O–H groups in total. The molecule has 79 heavy (non-hydrogen) atoms. The van der Waals surface area contributed by atoms with Gasteiger partial charge in [-0.15, -0.1) is 0 Å². The first-order valence-electron chi connectivity index (χ1n) is 26.7. The highest BCUT2D eigenvalue weighted by atomic mass is 32.2. The fourth-order valence-electron chi connectivity index (χ4n) is 10.4. The molecule has 0 fully saturated rings. The van der Waals surface area contributed by atoms with Gasteiger partial charge in [-0.3, -0.25) is 13.9 Å². The van der Waals surface area contributed by atoms with E-state index in [2.05, 4.69) is 34.5 Å². The standard InChI is InChI=1S/C61H66N4O12S2/c1-7-59(67)75-37-35-65(11-5)46-27-31-50-56(41-46)77-54-39-44(25-29-48(54)61(50)52-21-15-17-23-58(52)79(71,72)73)63(9-3)33-19-13-12-18-32-62(8-2)43-24-28-47-53(38-43)76-55-40-45(64(10-4)34-36-74-42(6)66)26-30-49(55)60(47)51-20-14-16-22-57(51)78(68,69)70/h7,14-17,20-31,38-41H,1,8-13,18-19,32-37H2,2-6H3/p+2. The van der Waals surface area contributed by atoms with Crippen molar-refractivity contribution in [3.8, 4) is 44.9 Å². The molecular weight excluding hydrogens is 1040 g/mol. The maximum absolute atomic E-state index is 12.8. The Morgan fingerprint density at radius 1 is 0.570 bits per heavy atom. The minimum atomic E-state index is -4.60. The van der Waals surface area contributed by atoms with Gasteiger partial charge >= 0.3 is 11.9 Å². The molecule has 4 aliphatic rings. The lowest BCUT2D eigenvalue weighted by molar-refractivity contribution is -0.140. The summed E-state index contributed by atoms with van der Waals surface area (Å²) in [5, 5.41) is 3.21. The summed E-state index contributed by atoms with van der Waals surface area (Å²) in [6, 6.07) is 36.1. The minimum absolute atomic E-state index is 0.154. The van der Waals surface area contributed by atoms with Gasteiger partial charge in [0.1, 0.15) is 71.9 Å². The van der Waals surface area contributed by atoms with Crippen LogP contribution < -0.4 is 29.7 Å². The first-order chi connectivity index (χ1) is 38.0. The number of rotatable bonds is 24. The third-order valence-electron chi connectivity index (χ3n) is 14.3. The summed E-state index contributed by atoms with van der Waals surface area (Å²) in [5.41, 5.74) is 5.96. The van der Waals surface area contributed by atoms with Gasteiger partial charge in [0.25, 0.3) is 20.2 Å². The zero-order valence-electron chi connectivity index (χ0n) is 45.3. The van der Waals surface area contributed by atoms with Crippen LogP contribution in [0.3, 0.4) is 0 Å². The van der Waals surface area contributed by atoms with Crippen LogP contribution >= 0.6 is 0 Å². The molecule has 0 spiro atoms. The molecule has 0 atom stereocenters. The Morgan fingerprint density at radius 3 is 1.39 bits per heavy atom. The zero-order valence-corrected chi connectivity index (χ0v) is 46.9. The highest BCUT2D eigenvalue weighted by Crippen LogP contribution is 2.44. The van der Waals surface area contributed by atoms with Gasteiger partial charge in [0.15, 0.2) is 0 Å². The van der Waals surface area contributed by atoms with Crippen LogP contribution in [0.15, 0.2) is 153 Å². The van der Waals surface area contributed by atoms with Gasteiger partial charge < -0.3 is 28.1 Å². The van der Waals surface area contributed by atoms with E-state index in [4.69, 9.17) is 18.3 Å². The molecule has 2 aliphatic carbocycles. The van der Waals surface area contributed by atoms with Gasteiger partial charge in [-0.05, 0) is 89.1 Å². The molecule has 4 aromatic carbocycles. The smallest absolute Gasteiger partial charge is 0.330 e. The Bertz CT molecular complexity index is 3870. The number of carbonyl (C=O) groups excluding carboxylic acids is 2. The molecule has 0 amide bonds. The average molecular weight is 1110 g/mol. The predicted molar refractivity (Wildman–Crippen MR) is 310 cm³/mol. The van der Waals surface area contributed by atoms with E-state index in [1.54, 1.807) is 36.4 Å². The summed E-state index contributed by atoms with van der Waals surface area (Å²) in [4.78, 5) is 27.0. The molecule has 414 valence electrons. The van der Waals surface area contributed by atoms with Crippen LogP contribution in [-0.2, 0) is 39.3 Å². The van der Waals surface area contributed by atoms with E-state index in [1.807, 2.05) is 91.5 Å². The molecule has 8 rings (SSSR count). The van der Waals surface area contributed by atoms with Crippen molar-refractivity contribution in [1.82, 2.24) is 9.15 Å². The number of benzene rings is 6. The SMILES string of the molecule is C=CC(=O)OCCN(CC)c1ccc2c(-c3ccccc3S(=O)(=O)O)c3ccc(=[N+](CC)CCCCCC[N+](CC)=c4ccc5c(-c6ccccc6S(=O)(=O)O)c6ccc(N(CC)CCOC(C)=O)cc6oc-5c4)cc-3oc2c1. The van der Waals surface area contributed by atoms with E-state index in [0.717, 1.165) is 80.0 Å². The Kier molecular flexibility index (Phi) is 18.5. The van der Waals surface area contributed by atoms with Crippen LogP contribution in [0.5, 0.6) is 0 Å².